The van der Waals surface area contributed by atoms with E-state index in [1.807, 2.05) is 28.8 Å². The van der Waals surface area contributed by atoms with Crippen molar-refractivity contribution in [3.8, 4) is 0 Å². The second-order valence-corrected chi connectivity index (χ2v) is 5.89. The first-order valence-electron chi connectivity index (χ1n) is 6.95. The molecule has 1 N–H and O–H groups in total. The van der Waals surface area contributed by atoms with Crippen molar-refractivity contribution in [1.82, 2.24) is 9.38 Å². The van der Waals surface area contributed by atoms with Crippen LogP contribution in [0.25, 0.3) is 5.52 Å². The van der Waals surface area contributed by atoms with Gasteiger partial charge in [0.25, 0.3) is 0 Å². The number of nitrogens with zero attached hydrogens (tertiary/aromatic N) is 2. The molecule has 1 aromatic carbocycles. The number of imidazole rings is 1. The molecule has 8 heteroatoms. The summed E-state index contributed by atoms with van der Waals surface area (Å²) in [4.78, 5) is 16.2. The Balaban J connectivity index is 1.64. The molecule has 4 nitrogen and oxygen atoms in total. The van der Waals surface area contributed by atoms with Crippen molar-refractivity contribution in [1.29, 1.82) is 0 Å². The first-order chi connectivity index (χ1) is 11.4. The van der Waals surface area contributed by atoms with Gasteiger partial charge >= 0.3 is 6.18 Å². The van der Waals surface area contributed by atoms with Crippen LogP contribution < -0.4 is 5.32 Å². The van der Waals surface area contributed by atoms with E-state index in [0.29, 0.717) is 5.16 Å². The van der Waals surface area contributed by atoms with Crippen LogP contribution in [0.3, 0.4) is 0 Å². The number of carbonyl (C=O) groups excluding carboxylic acids is 1. The Morgan fingerprint density at radius 2 is 2.04 bits per heavy atom. The van der Waals surface area contributed by atoms with Gasteiger partial charge in [-0.05, 0) is 30.3 Å². The van der Waals surface area contributed by atoms with Crippen molar-refractivity contribution in [2.75, 3.05) is 11.1 Å². The number of hydrogen-bond acceptors (Lipinski definition) is 3. The molecule has 0 unspecified atom stereocenters. The summed E-state index contributed by atoms with van der Waals surface area (Å²) in [7, 11) is 0. The molecule has 2 aromatic heterocycles. The van der Waals surface area contributed by atoms with E-state index in [-0.39, 0.29) is 11.4 Å². The molecule has 0 saturated carbocycles. The molecule has 0 saturated heterocycles. The Morgan fingerprint density at radius 1 is 1.21 bits per heavy atom. The lowest BCUT2D eigenvalue weighted by Gasteiger charge is -2.09. The fourth-order valence-electron chi connectivity index (χ4n) is 2.13. The summed E-state index contributed by atoms with van der Waals surface area (Å²) in [5.74, 6) is -0.350. The van der Waals surface area contributed by atoms with Gasteiger partial charge in [-0.15, -0.1) is 0 Å². The highest BCUT2D eigenvalue weighted by Gasteiger charge is 2.30. The predicted molar refractivity (Wildman–Crippen MR) is 86.0 cm³/mol. The van der Waals surface area contributed by atoms with E-state index in [9.17, 15) is 18.0 Å². The van der Waals surface area contributed by atoms with Crippen LogP contribution in [0.15, 0.2) is 60.0 Å². The lowest BCUT2D eigenvalue weighted by molar-refractivity contribution is -0.137. The molecule has 1 amide bonds. The van der Waals surface area contributed by atoms with E-state index in [1.165, 1.54) is 23.9 Å². The molecule has 0 aliphatic rings. The summed E-state index contributed by atoms with van der Waals surface area (Å²) in [6.45, 7) is 0. The van der Waals surface area contributed by atoms with Crippen LogP contribution in [0.2, 0.25) is 0 Å². The Hall–Kier alpha value is -2.48. The Labute approximate surface area is 139 Å². The second kappa shape index (κ2) is 6.56. The highest BCUT2D eigenvalue weighted by molar-refractivity contribution is 7.99. The van der Waals surface area contributed by atoms with Crippen LogP contribution in [0.1, 0.15) is 5.56 Å². The van der Waals surface area contributed by atoms with E-state index < -0.39 is 17.6 Å². The highest BCUT2D eigenvalue weighted by atomic mass is 32.2. The zero-order valence-electron chi connectivity index (χ0n) is 12.2. The molecular formula is C16H12F3N3OS. The topological polar surface area (TPSA) is 46.4 Å². The van der Waals surface area contributed by atoms with Gasteiger partial charge in [0, 0.05) is 11.9 Å². The van der Waals surface area contributed by atoms with E-state index in [2.05, 4.69) is 10.3 Å². The lowest BCUT2D eigenvalue weighted by Crippen LogP contribution is -2.15. The van der Waals surface area contributed by atoms with Crippen molar-refractivity contribution in [2.45, 2.75) is 11.3 Å². The first kappa shape index (κ1) is 16.4. The average Bonchev–Trinajstić information content (AvgIpc) is 2.96. The van der Waals surface area contributed by atoms with Crippen LogP contribution in [0, 0.1) is 0 Å². The fourth-order valence-corrected chi connectivity index (χ4v) is 2.89. The lowest BCUT2D eigenvalue weighted by atomic mass is 10.2. The number of aromatic nitrogens is 2. The molecule has 0 fully saturated rings. The number of alkyl halides is 3. The molecule has 0 aliphatic heterocycles. The third-order valence-electron chi connectivity index (χ3n) is 3.21. The van der Waals surface area contributed by atoms with Gasteiger partial charge in [0.1, 0.15) is 0 Å². The maximum absolute atomic E-state index is 12.7. The molecular weight excluding hydrogens is 339 g/mol. The average molecular weight is 351 g/mol. The number of halogens is 3. The molecule has 0 atom stereocenters. The third kappa shape index (κ3) is 3.70. The number of carbonyl (C=O) groups is 1. The molecule has 124 valence electrons. The number of pyridine rings is 1. The number of anilines is 1. The Kier molecular flexibility index (Phi) is 4.48. The van der Waals surface area contributed by atoms with E-state index in [0.717, 1.165) is 17.6 Å². The number of hydrogen-bond donors (Lipinski definition) is 1. The van der Waals surface area contributed by atoms with Gasteiger partial charge in [-0.2, -0.15) is 13.2 Å². The van der Waals surface area contributed by atoms with Crippen LogP contribution in [-0.4, -0.2) is 21.0 Å². The number of amides is 1. The summed E-state index contributed by atoms with van der Waals surface area (Å²) in [6, 6.07) is 10.2. The summed E-state index contributed by atoms with van der Waals surface area (Å²) in [5.41, 5.74) is 0.217. The molecule has 0 spiro atoms. The highest BCUT2D eigenvalue weighted by Crippen LogP contribution is 2.30. The fraction of sp³-hybridized carbons (Fsp3) is 0.125. The summed E-state index contributed by atoms with van der Waals surface area (Å²) in [5, 5.41) is 3.11. The number of nitrogens with one attached hydrogen (secondary N) is 1. The minimum atomic E-state index is -4.44. The largest absolute Gasteiger partial charge is 0.416 e. The molecule has 3 rings (SSSR count). The predicted octanol–water partition coefficient (Wildman–Crippen LogP) is 4.08. The zero-order valence-corrected chi connectivity index (χ0v) is 13.1. The van der Waals surface area contributed by atoms with Crippen LogP contribution >= 0.6 is 11.8 Å². The zero-order chi connectivity index (χ0) is 17.2. The van der Waals surface area contributed by atoms with Crippen LogP contribution in [-0.2, 0) is 11.0 Å². The van der Waals surface area contributed by atoms with E-state index in [1.54, 1.807) is 6.20 Å². The first-order valence-corrected chi connectivity index (χ1v) is 7.94. The number of fused-ring (bicyclic) bond motifs is 1. The van der Waals surface area contributed by atoms with Crippen molar-refractivity contribution in [2.24, 2.45) is 0 Å². The van der Waals surface area contributed by atoms with Gasteiger partial charge in [-0.1, -0.05) is 23.9 Å². The van der Waals surface area contributed by atoms with Gasteiger partial charge in [-0.3, -0.25) is 9.20 Å². The van der Waals surface area contributed by atoms with Gasteiger partial charge in [-0.25, -0.2) is 4.98 Å². The maximum atomic E-state index is 12.7. The molecule has 24 heavy (non-hydrogen) atoms. The van der Waals surface area contributed by atoms with Gasteiger partial charge in [0.05, 0.1) is 23.0 Å². The summed E-state index contributed by atoms with van der Waals surface area (Å²) in [6.07, 6.45) is -0.924. The maximum Gasteiger partial charge on any atom is 0.416 e. The minimum Gasteiger partial charge on any atom is -0.325 e. The molecule has 3 aromatic rings. The molecule has 0 bridgehead atoms. The Bertz CT molecular complexity index is 876. The molecule has 2 heterocycles. The van der Waals surface area contributed by atoms with Crippen molar-refractivity contribution < 1.29 is 18.0 Å². The second-order valence-electron chi connectivity index (χ2n) is 4.95. The SMILES string of the molecule is O=C(CSc1ncc2ccccn12)Nc1cccc(C(F)(F)F)c1. The number of benzene rings is 1. The monoisotopic (exact) mass is 351 g/mol. The third-order valence-corrected chi connectivity index (χ3v) is 4.18. The van der Waals surface area contributed by atoms with Gasteiger partial charge in [0.2, 0.25) is 5.91 Å². The Morgan fingerprint density at radius 3 is 2.83 bits per heavy atom. The quantitative estimate of drug-likeness (QED) is 0.721. The number of thioether (sulfide) groups is 1. The normalized spacial score (nSPS) is 11.6. The van der Waals surface area contributed by atoms with Crippen LogP contribution in [0.5, 0.6) is 0 Å². The van der Waals surface area contributed by atoms with E-state index in [4.69, 9.17) is 0 Å². The summed E-state index contributed by atoms with van der Waals surface area (Å²) < 4.78 is 39.8. The number of rotatable bonds is 4. The summed E-state index contributed by atoms with van der Waals surface area (Å²) >= 11 is 1.21. The molecule has 0 aliphatic carbocycles. The van der Waals surface area contributed by atoms with Gasteiger partial charge < -0.3 is 5.32 Å². The molecule has 0 radical (unpaired) electrons. The standard InChI is InChI=1S/C16H12F3N3OS/c17-16(18,19)11-4-3-5-12(8-11)21-14(23)10-24-15-20-9-13-6-1-2-7-22(13)15/h1-9H,10H2,(H,21,23). The smallest absolute Gasteiger partial charge is 0.325 e. The van der Waals surface area contributed by atoms with Crippen molar-refractivity contribution >= 4 is 28.9 Å². The van der Waals surface area contributed by atoms with E-state index >= 15 is 0 Å². The van der Waals surface area contributed by atoms with Crippen molar-refractivity contribution in [3.63, 3.8) is 0 Å². The minimum absolute atomic E-state index is 0.0459. The van der Waals surface area contributed by atoms with Crippen molar-refractivity contribution in [3.05, 3.63) is 60.4 Å². The van der Waals surface area contributed by atoms with Gasteiger partial charge in [0.15, 0.2) is 5.16 Å². The van der Waals surface area contributed by atoms with Crippen LogP contribution in [0.4, 0.5) is 18.9 Å².